The van der Waals surface area contributed by atoms with Crippen LogP contribution in [0.2, 0.25) is 0 Å². The molecule has 1 aliphatic heterocycles. The summed E-state index contributed by atoms with van der Waals surface area (Å²) in [6, 6.07) is 9.67. The fraction of sp³-hybridized carbons (Fsp3) is 0.538. The first-order valence-electron chi connectivity index (χ1n) is 5.89. The quantitative estimate of drug-likeness (QED) is 0.866. The molecule has 0 amide bonds. The van der Waals surface area contributed by atoms with E-state index in [9.17, 15) is 10.2 Å². The molecule has 0 radical (unpaired) electrons. The molecular weight excluding hydrogens is 252 g/mol. The highest BCUT2D eigenvalue weighted by Crippen LogP contribution is 2.33. The van der Waals surface area contributed by atoms with E-state index < -0.39 is 23.7 Å². The third kappa shape index (κ3) is 2.87. The number of ether oxygens (including phenoxy) is 2. The van der Waals surface area contributed by atoms with Gasteiger partial charge in [-0.25, -0.2) is 0 Å². The largest absolute Gasteiger partial charge is 0.387 e. The summed E-state index contributed by atoms with van der Waals surface area (Å²) in [7, 11) is 1.51. The summed E-state index contributed by atoms with van der Waals surface area (Å²) >= 11 is 1.40. The van der Waals surface area contributed by atoms with Gasteiger partial charge in [-0.05, 0) is 19.1 Å². The summed E-state index contributed by atoms with van der Waals surface area (Å²) < 4.78 is 10.8. The molecule has 0 aliphatic carbocycles. The molecule has 1 heterocycles. The van der Waals surface area contributed by atoms with Crippen LogP contribution in [0.5, 0.6) is 0 Å². The molecule has 2 rings (SSSR count). The molecule has 5 atom stereocenters. The Morgan fingerprint density at radius 3 is 2.44 bits per heavy atom. The molecule has 5 heteroatoms. The molecule has 1 aromatic carbocycles. The van der Waals surface area contributed by atoms with E-state index in [2.05, 4.69) is 0 Å². The van der Waals surface area contributed by atoms with Crippen molar-refractivity contribution in [1.82, 2.24) is 0 Å². The Morgan fingerprint density at radius 2 is 1.83 bits per heavy atom. The lowest BCUT2D eigenvalue weighted by molar-refractivity contribution is -0.201. The smallest absolute Gasteiger partial charge is 0.136 e. The van der Waals surface area contributed by atoms with Crippen LogP contribution in [0.1, 0.15) is 6.92 Å². The maximum atomic E-state index is 10.0. The van der Waals surface area contributed by atoms with Crippen LogP contribution in [0.25, 0.3) is 0 Å². The first-order valence-corrected chi connectivity index (χ1v) is 6.77. The van der Waals surface area contributed by atoms with Gasteiger partial charge in [-0.2, -0.15) is 0 Å². The van der Waals surface area contributed by atoms with Crippen LogP contribution in [-0.2, 0) is 9.47 Å². The van der Waals surface area contributed by atoms with Gasteiger partial charge in [-0.1, -0.05) is 30.0 Å². The van der Waals surface area contributed by atoms with Gasteiger partial charge in [0.15, 0.2) is 0 Å². The first kappa shape index (κ1) is 13.8. The van der Waals surface area contributed by atoms with Gasteiger partial charge in [0.25, 0.3) is 0 Å². The van der Waals surface area contributed by atoms with Crippen molar-refractivity contribution >= 4 is 11.8 Å². The molecule has 1 fully saturated rings. The van der Waals surface area contributed by atoms with E-state index in [0.717, 1.165) is 4.90 Å². The van der Waals surface area contributed by atoms with Gasteiger partial charge in [0, 0.05) is 12.0 Å². The molecule has 18 heavy (non-hydrogen) atoms. The summed E-state index contributed by atoms with van der Waals surface area (Å²) in [4.78, 5) is 0.997. The minimum Gasteiger partial charge on any atom is -0.387 e. The van der Waals surface area contributed by atoms with Crippen LogP contribution in [-0.4, -0.2) is 47.2 Å². The van der Waals surface area contributed by atoms with Crippen LogP contribution in [0.15, 0.2) is 35.2 Å². The van der Waals surface area contributed by atoms with Gasteiger partial charge in [0.2, 0.25) is 0 Å². The standard InChI is InChI=1S/C13H18O4S/c1-8-12(16-2)10(14)11(15)13(17-8)18-9-6-4-3-5-7-9/h3-8,10-15H,1-2H3/t8-,10-,11-,12-,13-/m0/s1. The maximum absolute atomic E-state index is 10.0. The van der Waals surface area contributed by atoms with Gasteiger partial charge in [0.1, 0.15) is 23.7 Å². The number of aliphatic hydroxyl groups is 2. The van der Waals surface area contributed by atoms with E-state index in [4.69, 9.17) is 9.47 Å². The van der Waals surface area contributed by atoms with Crippen LogP contribution < -0.4 is 0 Å². The molecule has 0 unspecified atom stereocenters. The lowest BCUT2D eigenvalue weighted by Crippen LogP contribution is -2.56. The summed E-state index contributed by atoms with van der Waals surface area (Å²) in [5, 5.41) is 20.0. The Morgan fingerprint density at radius 1 is 1.17 bits per heavy atom. The van der Waals surface area contributed by atoms with Gasteiger partial charge in [-0.15, -0.1) is 0 Å². The Bertz CT molecular complexity index is 373. The average Bonchev–Trinajstić information content (AvgIpc) is 2.37. The Labute approximate surface area is 111 Å². The number of rotatable bonds is 3. The Hall–Kier alpha value is -0.590. The monoisotopic (exact) mass is 270 g/mol. The molecule has 0 bridgehead atoms. The fourth-order valence-electron chi connectivity index (χ4n) is 2.06. The summed E-state index contributed by atoms with van der Waals surface area (Å²) in [6.45, 7) is 1.84. The van der Waals surface area contributed by atoms with Crippen molar-refractivity contribution in [3.05, 3.63) is 30.3 Å². The topological polar surface area (TPSA) is 58.9 Å². The molecule has 100 valence electrons. The zero-order valence-electron chi connectivity index (χ0n) is 10.4. The van der Waals surface area contributed by atoms with Crippen molar-refractivity contribution in [3.8, 4) is 0 Å². The average molecular weight is 270 g/mol. The molecule has 0 saturated carbocycles. The second-order valence-electron chi connectivity index (χ2n) is 4.32. The summed E-state index contributed by atoms with van der Waals surface area (Å²) in [6.07, 6.45) is -2.64. The third-order valence-corrected chi connectivity index (χ3v) is 4.21. The number of benzene rings is 1. The summed E-state index contributed by atoms with van der Waals surface area (Å²) in [5.41, 5.74) is -0.483. The molecule has 1 aromatic rings. The van der Waals surface area contributed by atoms with E-state index in [-0.39, 0.29) is 6.10 Å². The second kappa shape index (κ2) is 6.04. The van der Waals surface area contributed by atoms with Crippen molar-refractivity contribution in [2.24, 2.45) is 0 Å². The van der Waals surface area contributed by atoms with Gasteiger partial charge >= 0.3 is 0 Å². The predicted octanol–water partition coefficient (Wildman–Crippen LogP) is 1.26. The van der Waals surface area contributed by atoms with Gasteiger partial charge in [-0.3, -0.25) is 0 Å². The van der Waals surface area contributed by atoms with E-state index in [1.165, 1.54) is 18.9 Å². The molecule has 0 spiro atoms. The van der Waals surface area contributed by atoms with Crippen molar-refractivity contribution < 1.29 is 19.7 Å². The third-order valence-electron chi connectivity index (χ3n) is 3.04. The predicted molar refractivity (Wildman–Crippen MR) is 69.4 cm³/mol. The zero-order chi connectivity index (χ0) is 13.1. The molecule has 1 aliphatic rings. The highest BCUT2D eigenvalue weighted by molar-refractivity contribution is 7.99. The number of hydrogen-bond donors (Lipinski definition) is 2. The molecule has 2 N–H and O–H groups in total. The molecule has 1 saturated heterocycles. The van der Waals surface area contributed by atoms with Gasteiger partial charge < -0.3 is 19.7 Å². The van der Waals surface area contributed by atoms with Crippen molar-refractivity contribution in [3.63, 3.8) is 0 Å². The number of thioether (sulfide) groups is 1. The van der Waals surface area contributed by atoms with Crippen LogP contribution in [0, 0.1) is 0 Å². The zero-order valence-corrected chi connectivity index (χ0v) is 11.2. The number of hydrogen-bond acceptors (Lipinski definition) is 5. The van der Waals surface area contributed by atoms with Crippen molar-refractivity contribution in [1.29, 1.82) is 0 Å². The SMILES string of the molecule is CO[C@@H]1[C@@H](O)[C@H](O)[C@H](Sc2ccccc2)O[C@H]1C. The van der Waals surface area contributed by atoms with Crippen LogP contribution in [0.4, 0.5) is 0 Å². The van der Waals surface area contributed by atoms with Gasteiger partial charge in [0.05, 0.1) is 6.10 Å². The van der Waals surface area contributed by atoms with E-state index in [0.29, 0.717) is 0 Å². The molecule has 0 aromatic heterocycles. The highest BCUT2D eigenvalue weighted by Gasteiger charge is 2.43. The van der Waals surface area contributed by atoms with Crippen molar-refractivity contribution in [2.45, 2.75) is 41.7 Å². The molecular formula is C13H18O4S. The van der Waals surface area contributed by atoms with E-state index >= 15 is 0 Å². The maximum Gasteiger partial charge on any atom is 0.136 e. The minimum absolute atomic E-state index is 0.255. The highest BCUT2D eigenvalue weighted by atomic mass is 32.2. The minimum atomic E-state index is -0.962. The number of methoxy groups -OCH3 is 1. The number of aliphatic hydroxyl groups excluding tert-OH is 2. The summed E-state index contributed by atoms with van der Waals surface area (Å²) in [5.74, 6) is 0. The lowest BCUT2D eigenvalue weighted by Gasteiger charge is -2.40. The van der Waals surface area contributed by atoms with Crippen LogP contribution >= 0.6 is 11.8 Å². The van der Waals surface area contributed by atoms with Crippen molar-refractivity contribution in [2.75, 3.05) is 7.11 Å². The second-order valence-corrected chi connectivity index (χ2v) is 5.49. The fourth-order valence-corrected chi connectivity index (χ4v) is 3.18. The van der Waals surface area contributed by atoms with E-state index in [1.54, 1.807) is 0 Å². The first-order chi connectivity index (χ1) is 8.63. The Kier molecular flexibility index (Phi) is 4.64. The molecule has 4 nitrogen and oxygen atoms in total. The van der Waals surface area contributed by atoms with Crippen LogP contribution in [0.3, 0.4) is 0 Å². The normalized spacial score (nSPS) is 36.6. The lowest BCUT2D eigenvalue weighted by atomic mass is 10.0. The Balaban J connectivity index is 2.06. The van der Waals surface area contributed by atoms with E-state index in [1.807, 2.05) is 37.3 Å².